The second-order valence-corrected chi connectivity index (χ2v) is 12.5. The van der Waals surface area contributed by atoms with E-state index in [1.54, 1.807) is 0 Å². The molecule has 0 bridgehead atoms. The molecule has 7 aromatic carbocycles. The average Bonchev–Trinajstić information content (AvgIpc) is 3.75. The highest BCUT2D eigenvalue weighted by Gasteiger charge is 2.28. The van der Waals surface area contributed by atoms with Gasteiger partial charge in [-0.15, -0.1) is 0 Å². The number of fused-ring (bicyclic) bond motifs is 5. The smallest absolute Gasteiger partial charge is 0.182 e. The number of para-hydroxylation sites is 4. The van der Waals surface area contributed by atoms with Crippen molar-refractivity contribution >= 4 is 87.4 Å². The minimum absolute atomic E-state index is 0.792. The number of benzene rings is 7. The summed E-state index contributed by atoms with van der Waals surface area (Å²) in [5.41, 5.74) is 10.3. The van der Waals surface area contributed by atoms with Gasteiger partial charge >= 0.3 is 0 Å². The van der Waals surface area contributed by atoms with Crippen molar-refractivity contribution < 1.29 is 4.42 Å². The van der Waals surface area contributed by atoms with Gasteiger partial charge in [-0.3, -0.25) is 9.13 Å². The number of nitrogens with zero attached hydrogens (tertiary/aromatic N) is 4. The molecule has 0 spiro atoms. The Morgan fingerprint density at radius 3 is 1.66 bits per heavy atom. The summed E-state index contributed by atoms with van der Waals surface area (Å²) in [6, 6.07) is 47.3. The van der Waals surface area contributed by atoms with Crippen molar-refractivity contribution in [2.75, 3.05) is 0 Å². The summed E-state index contributed by atoms with van der Waals surface area (Å²) in [5.74, 6) is 1.59. The Hall–Kier alpha value is -6.46. The van der Waals surface area contributed by atoms with Gasteiger partial charge in [0.15, 0.2) is 11.6 Å². The fourth-order valence-electron chi connectivity index (χ4n) is 8.38. The Bertz CT molecular complexity index is 3140. The molecule has 0 fully saturated rings. The fourth-order valence-corrected chi connectivity index (χ4v) is 8.38. The molecule has 216 valence electrons. The van der Waals surface area contributed by atoms with Crippen molar-refractivity contribution in [1.82, 2.24) is 19.1 Å². The van der Waals surface area contributed by atoms with Crippen molar-refractivity contribution in [1.29, 1.82) is 0 Å². The van der Waals surface area contributed by atoms with Gasteiger partial charge in [0.2, 0.25) is 0 Å². The van der Waals surface area contributed by atoms with Crippen LogP contribution in [0.4, 0.5) is 0 Å². The quantitative estimate of drug-likeness (QED) is 0.199. The van der Waals surface area contributed by atoms with Crippen molar-refractivity contribution in [3.63, 3.8) is 0 Å². The minimum atomic E-state index is 0.792. The van der Waals surface area contributed by atoms with Crippen LogP contribution >= 0.6 is 0 Å². The van der Waals surface area contributed by atoms with Gasteiger partial charge in [-0.1, -0.05) is 84.9 Å². The van der Waals surface area contributed by atoms with Crippen LogP contribution in [0.1, 0.15) is 0 Å². The minimum Gasteiger partial charge on any atom is -0.456 e. The Labute approximate surface area is 266 Å². The van der Waals surface area contributed by atoms with E-state index in [1.165, 1.54) is 48.8 Å². The van der Waals surface area contributed by atoms with Crippen LogP contribution in [0.2, 0.25) is 0 Å². The lowest BCUT2D eigenvalue weighted by atomic mass is 9.95. The van der Waals surface area contributed by atoms with Gasteiger partial charge in [-0.05, 0) is 70.4 Å². The molecule has 0 amide bonds. The summed E-state index contributed by atoms with van der Waals surface area (Å²) in [6.07, 6.45) is 0. The highest BCUT2D eigenvalue weighted by atomic mass is 16.3. The largest absolute Gasteiger partial charge is 0.456 e. The molecule has 12 rings (SSSR count). The van der Waals surface area contributed by atoms with Crippen LogP contribution in [0, 0.1) is 0 Å². The van der Waals surface area contributed by atoms with E-state index in [2.05, 4.69) is 130 Å². The number of furan rings is 1. The van der Waals surface area contributed by atoms with Crippen LogP contribution in [0.15, 0.2) is 138 Å². The first-order valence-corrected chi connectivity index (χ1v) is 15.9. The molecule has 0 saturated heterocycles. The van der Waals surface area contributed by atoms with Crippen molar-refractivity contribution in [2.45, 2.75) is 0 Å². The molecule has 5 heteroatoms. The molecular weight excluding hydrogens is 576 g/mol. The molecule has 47 heavy (non-hydrogen) atoms. The summed E-state index contributed by atoms with van der Waals surface area (Å²) >= 11 is 0. The molecule has 0 atom stereocenters. The van der Waals surface area contributed by atoms with Gasteiger partial charge in [-0.25, -0.2) is 9.97 Å². The maximum atomic E-state index is 6.53. The van der Waals surface area contributed by atoms with Crippen LogP contribution in [0.3, 0.4) is 0 Å². The Balaban J connectivity index is 1.35. The van der Waals surface area contributed by atoms with E-state index >= 15 is 0 Å². The monoisotopic (exact) mass is 598 g/mol. The van der Waals surface area contributed by atoms with Gasteiger partial charge in [0.25, 0.3) is 0 Å². The topological polar surface area (TPSA) is 48.8 Å². The lowest BCUT2D eigenvalue weighted by molar-refractivity contribution is 0.669. The van der Waals surface area contributed by atoms with Gasteiger partial charge in [0.1, 0.15) is 11.2 Å². The van der Waals surface area contributed by atoms with Crippen LogP contribution in [-0.4, -0.2) is 19.1 Å². The van der Waals surface area contributed by atoms with E-state index in [1.807, 2.05) is 12.1 Å². The first kappa shape index (κ1) is 23.9. The summed E-state index contributed by atoms with van der Waals surface area (Å²) in [7, 11) is 0. The molecule has 1 aliphatic carbocycles. The van der Waals surface area contributed by atoms with E-state index in [-0.39, 0.29) is 0 Å². The summed E-state index contributed by atoms with van der Waals surface area (Å²) in [5, 5.41) is 9.61. The normalized spacial score (nSPS) is 12.7. The second kappa shape index (κ2) is 8.22. The fraction of sp³-hybridized carbons (Fsp3) is 0. The van der Waals surface area contributed by atoms with E-state index in [9.17, 15) is 0 Å². The first-order chi connectivity index (χ1) is 23.3. The molecule has 0 unspecified atom stereocenters. The van der Waals surface area contributed by atoms with E-state index in [4.69, 9.17) is 14.4 Å². The molecule has 4 aromatic heterocycles. The summed E-state index contributed by atoms with van der Waals surface area (Å²) < 4.78 is 11.2. The molecule has 11 aromatic rings. The number of hydrogen-bond acceptors (Lipinski definition) is 3. The Kier molecular flexibility index (Phi) is 4.17. The predicted octanol–water partition coefficient (Wildman–Crippen LogP) is 10.9. The van der Waals surface area contributed by atoms with Gasteiger partial charge < -0.3 is 4.42 Å². The third-order valence-electron chi connectivity index (χ3n) is 10.2. The van der Waals surface area contributed by atoms with E-state index in [0.717, 1.165) is 61.3 Å². The zero-order valence-corrected chi connectivity index (χ0v) is 24.9. The summed E-state index contributed by atoms with van der Waals surface area (Å²) in [6.45, 7) is 0. The third kappa shape index (κ3) is 2.82. The van der Waals surface area contributed by atoms with Crippen molar-refractivity contribution in [2.24, 2.45) is 0 Å². The second-order valence-electron chi connectivity index (χ2n) is 12.5. The first-order valence-electron chi connectivity index (χ1n) is 15.9. The lowest BCUT2D eigenvalue weighted by Crippen LogP contribution is -2.09. The average molecular weight is 599 g/mol. The van der Waals surface area contributed by atoms with Crippen LogP contribution < -0.4 is 0 Å². The number of aromatic nitrogens is 4. The summed E-state index contributed by atoms with van der Waals surface area (Å²) in [4.78, 5) is 10.9. The van der Waals surface area contributed by atoms with E-state index in [0.29, 0.717) is 0 Å². The highest BCUT2D eigenvalue weighted by Crippen LogP contribution is 2.51. The molecule has 4 heterocycles. The maximum Gasteiger partial charge on any atom is 0.182 e. The molecule has 0 N–H and O–H groups in total. The lowest BCUT2D eigenvalue weighted by Gasteiger charge is -2.16. The molecular formula is C42H22N4O. The number of hydrogen-bond donors (Lipinski definition) is 0. The van der Waals surface area contributed by atoms with Crippen LogP contribution in [0.5, 0.6) is 0 Å². The Morgan fingerprint density at radius 1 is 0.383 bits per heavy atom. The van der Waals surface area contributed by atoms with E-state index < -0.39 is 0 Å². The molecule has 1 aliphatic rings. The number of rotatable bonds is 2. The molecule has 5 nitrogen and oxygen atoms in total. The van der Waals surface area contributed by atoms with Gasteiger partial charge in [0.05, 0.1) is 33.1 Å². The third-order valence-corrected chi connectivity index (χ3v) is 10.2. The molecule has 0 radical (unpaired) electrons. The standard InChI is InChI=1S/C42H22N4O/c1-5-16-30-24(10-1)25-11-2-6-17-31(25)45(30)41-42(44-29-15-4-3-14-28(29)43-41)46-32-20-19-23-9-7-12-26-27-13-8-18-34-37(27)40-35(47-34)22-21-33(46)39(40)38(32)36(23)26/h1-22H. The maximum absolute atomic E-state index is 6.53. The van der Waals surface area contributed by atoms with Gasteiger partial charge in [0, 0.05) is 32.3 Å². The predicted molar refractivity (Wildman–Crippen MR) is 192 cm³/mol. The van der Waals surface area contributed by atoms with Crippen LogP contribution in [0.25, 0.3) is 110 Å². The van der Waals surface area contributed by atoms with Crippen LogP contribution in [-0.2, 0) is 0 Å². The highest BCUT2D eigenvalue weighted by molar-refractivity contribution is 6.38. The zero-order chi connectivity index (χ0) is 30.4. The molecule has 0 aliphatic heterocycles. The van der Waals surface area contributed by atoms with Crippen molar-refractivity contribution in [3.05, 3.63) is 133 Å². The SMILES string of the molecule is c1cc2c3c(c1)ccc1c3c3c4c(ccc3n1-c1nc3ccccc3nc1-n1c3ccccc3c3ccccc31)oc1cccc-2c14. The van der Waals surface area contributed by atoms with Crippen molar-refractivity contribution in [3.8, 4) is 22.8 Å². The zero-order valence-electron chi connectivity index (χ0n) is 24.9. The molecule has 0 saturated carbocycles. The Morgan fingerprint density at radius 2 is 0.936 bits per heavy atom. The van der Waals surface area contributed by atoms with Gasteiger partial charge in [-0.2, -0.15) is 0 Å².